The molecule has 0 saturated carbocycles. The summed E-state index contributed by atoms with van der Waals surface area (Å²) in [4.78, 5) is 4.14. The highest BCUT2D eigenvalue weighted by Crippen LogP contribution is 2.31. The van der Waals surface area contributed by atoms with Crippen molar-refractivity contribution in [2.24, 2.45) is 0 Å². The van der Waals surface area contributed by atoms with E-state index < -0.39 is 6.10 Å². The number of nitrogens with one attached hydrogen (secondary N) is 1. The van der Waals surface area contributed by atoms with Crippen LogP contribution in [0.1, 0.15) is 18.5 Å². The Kier molecular flexibility index (Phi) is 4.60. The lowest BCUT2D eigenvalue weighted by atomic mass is 10.0. The molecule has 2 unspecified atom stereocenters. The molecule has 0 radical (unpaired) electrons. The molecule has 4 rings (SSSR count). The van der Waals surface area contributed by atoms with Crippen LogP contribution < -0.4 is 5.32 Å². The van der Waals surface area contributed by atoms with Crippen molar-refractivity contribution in [3.05, 3.63) is 72.6 Å². The van der Waals surface area contributed by atoms with Gasteiger partial charge in [-0.1, -0.05) is 53.8 Å². The van der Waals surface area contributed by atoms with Crippen molar-refractivity contribution in [2.45, 2.75) is 19.1 Å². The molecule has 0 bridgehead atoms. The highest BCUT2D eigenvalue weighted by atomic mass is 32.1. The maximum atomic E-state index is 10.2. The molecule has 2 heterocycles. The topological polar surface area (TPSA) is 70.9 Å². The number of hydrogen-bond acceptors (Lipinski definition) is 6. The van der Waals surface area contributed by atoms with Gasteiger partial charge in [0.2, 0.25) is 5.13 Å². The van der Waals surface area contributed by atoms with Crippen molar-refractivity contribution in [3.63, 3.8) is 0 Å². The Hall–Kier alpha value is -2.83. The number of aliphatic hydroxyl groups is 1. The maximum absolute atomic E-state index is 10.2. The summed E-state index contributed by atoms with van der Waals surface area (Å²) in [7, 11) is 0. The van der Waals surface area contributed by atoms with E-state index in [1.807, 2.05) is 54.7 Å². The fraction of sp³-hybridized carbons (Fsp3) is 0.150. The maximum Gasteiger partial charge on any atom is 0.206 e. The molecule has 0 amide bonds. The van der Waals surface area contributed by atoms with Gasteiger partial charge in [-0.15, -0.1) is 10.2 Å². The average molecular weight is 362 g/mol. The van der Waals surface area contributed by atoms with Crippen molar-refractivity contribution in [2.75, 3.05) is 5.32 Å². The fourth-order valence-corrected chi connectivity index (χ4v) is 3.67. The van der Waals surface area contributed by atoms with E-state index in [2.05, 4.69) is 26.6 Å². The van der Waals surface area contributed by atoms with E-state index in [0.29, 0.717) is 5.13 Å². The van der Waals surface area contributed by atoms with Crippen LogP contribution in [0.5, 0.6) is 0 Å². The largest absolute Gasteiger partial charge is 0.391 e. The predicted octanol–water partition coefficient (Wildman–Crippen LogP) is 4.29. The van der Waals surface area contributed by atoms with Crippen LogP contribution in [-0.4, -0.2) is 26.4 Å². The first-order valence-corrected chi connectivity index (χ1v) is 9.19. The minimum absolute atomic E-state index is 0.236. The van der Waals surface area contributed by atoms with Gasteiger partial charge in [-0.25, -0.2) is 0 Å². The molecule has 0 aliphatic heterocycles. The molecule has 0 aliphatic carbocycles. The number of hydrogen-bond donors (Lipinski definition) is 2. The van der Waals surface area contributed by atoms with Gasteiger partial charge >= 0.3 is 0 Å². The summed E-state index contributed by atoms with van der Waals surface area (Å²) in [6, 6.07) is 17.8. The SMILES string of the molecule is CC(O)C(Nc1nnc(-c2ccc3cnccc3c2)s1)c1ccccc1. The molecule has 0 spiro atoms. The van der Waals surface area contributed by atoms with Gasteiger partial charge in [0.05, 0.1) is 12.1 Å². The minimum Gasteiger partial charge on any atom is -0.391 e. The molecule has 5 nitrogen and oxygen atoms in total. The molecule has 2 atom stereocenters. The Morgan fingerprint density at radius 2 is 1.85 bits per heavy atom. The van der Waals surface area contributed by atoms with E-state index in [1.165, 1.54) is 11.3 Å². The first kappa shape index (κ1) is 16.6. The molecule has 2 N–H and O–H groups in total. The molecule has 0 saturated heterocycles. The lowest BCUT2D eigenvalue weighted by Crippen LogP contribution is -2.22. The van der Waals surface area contributed by atoms with Crippen LogP contribution in [0.2, 0.25) is 0 Å². The first-order chi connectivity index (χ1) is 12.7. The summed E-state index contributed by atoms with van der Waals surface area (Å²) in [6.07, 6.45) is 3.07. The second-order valence-electron chi connectivity index (χ2n) is 6.12. The molecule has 6 heteroatoms. The third kappa shape index (κ3) is 3.42. The molecule has 2 aromatic carbocycles. The molecule has 4 aromatic rings. The summed E-state index contributed by atoms with van der Waals surface area (Å²) >= 11 is 1.47. The van der Waals surface area contributed by atoms with Gasteiger partial charge in [-0.3, -0.25) is 4.98 Å². The number of benzene rings is 2. The fourth-order valence-electron chi connectivity index (χ4n) is 2.89. The van der Waals surface area contributed by atoms with Crippen LogP contribution in [0.15, 0.2) is 67.0 Å². The number of pyridine rings is 1. The number of anilines is 1. The standard InChI is InChI=1S/C20H18N4OS/c1-13(25)18(14-5-3-2-4-6-14)22-20-24-23-19(26-20)16-7-8-17-12-21-10-9-15(17)11-16/h2-13,18,25H,1H3,(H,22,24). The second-order valence-corrected chi connectivity index (χ2v) is 7.10. The number of fused-ring (bicyclic) bond motifs is 1. The van der Waals surface area contributed by atoms with Crippen LogP contribution in [0.4, 0.5) is 5.13 Å². The third-order valence-electron chi connectivity index (χ3n) is 4.23. The van der Waals surface area contributed by atoms with Gasteiger partial charge < -0.3 is 10.4 Å². The number of nitrogens with zero attached hydrogens (tertiary/aromatic N) is 3. The van der Waals surface area contributed by atoms with E-state index in [9.17, 15) is 5.11 Å². The van der Waals surface area contributed by atoms with E-state index in [1.54, 1.807) is 13.1 Å². The van der Waals surface area contributed by atoms with Gasteiger partial charge in [-0.05, 0) is 30.0 Å². The van der Waals surface area contributed by atoms with Crippen molar-refractivity contribution in [1.82, 2.24) is 15.2 Å². The second kappa shape index (κ2) is 7.19. The summed E-state index contributed by atoms with van der Waals surface area (Å²) in [5.41, 5.74) is 2.03. The zero-order valence-corrected chi connectivity index (χ0v) is 15.0. The summed E-state index contributed by atoms with van der Waals surface area (Å²) in [6.45, 7) is 1.77. The molecular weight excluding hydrogens is 344 g/mol. The van der Waals surface area contributed by atoms with E-state index in [-0.39, 0.29) is 6.04 Å². The highest BCUT2D eigenvalue weighted by Gasteiger charge is 2.19. The van der Waals surface area contributed by atoms with Gasteiger partial charge in [-0.2, -0.15) is 0 Å². The van der Waals surface area contributed by atoms with Crippen molar-refractivity contribution < 1.29 is 5.11 Å². The lowest BCUT2D eigenvalue weighted by molar-refractivity contribution is 0.172. The molecule has 26 heavy (non-hydrogen) atoms. The minimum atomic E-state index is -0.557. The predicted molar refractivity (Wildman–Crippen MR) is 105 cm³/mol. The smallest absolute Gasteiger partial charge is 0.206 e. The van der Waals surface area contributed by atoms with E-state index >= 15 is 0 Å². The van der Waals surface area contributed by atoms with Crippen molar-refractivity contribution >= 4 is 27.2 Å². The van der Waals surface area contributed by atoms with Gasteiger partial charge in [0, 0.05) is 23.3 Å². The third-order valence-corrected chi connectivity index (χ3v) is 5.14. The normalized spacial score (nSPS) is 13.5. The quantitative estimate of drug-likeness (QED) is 0.554. The van der Waals surface area contributed by atoms with Gasteiger partial charge in [0.25, 0.3) is 0 Å². The molecule has 2 aromatic heterocycles. The van der Waals surface area contributed by atoms with E-state index in [0.717, 1.165) is 26.9 Å². The molecule has 0 fully saturated rings. The van der Waals surface area contributed by atoms with Crippen molar-refractivity contribution in [3.8, 4) is 10.6 Å². The van der Waals surface area contributed by atoms with E-state index in [4.69, 9.17) is 0 Å². The number of aromatic nitrogens is 3. The van der Waals surface area contributed by atoms with Crippen LogP contribution in [0.25, 0.3) is 21.3 Å². The van der Waals surface area contributed by atoms with Crippen LogP contribution in [-0.2, 0) is 0 Å². The summed E-state index contributed by atoms with van der Waals surface area (Å²) < 4.78 is 0. The molecule has 130 valence electrons. The van der Waals surface area contributed by atoms with Crippen LogP contribution in [0, 0.1) is 0 Å². The monoisotopic (exact) mass is 362 g/mol. The molecular formula is C20H18N4OS. The van der Waals surface area contributed by atoms with Gasteiger partial charge in [0.15, 0.2) is 0 Å². The Morgan fingerprint density at radius 1 is 1.00 bits per heavy atom. The number of rotatable bonds is 5. The Balaban J connectivity index is 1.60. The van der Waals surface area contributed by atoms with Gasteiger partial charge in [0.1, 0.15) is 5.01 Å². The first-order valence-electron chi connectivity index (χ1n) is 8.38. The van der Waals surface area contributed by atoms with Crippen molar-refractivity contribution in [1.29, 1.82) is 0 Å². The zero-order valence-electron chi connectivity index (χ0n) is 14.2. The van der Waals surface area contributed by atoms with Crippen LogP contribution in [0.3, 0.4) is 0 Å². The Labute approximate surface area is 155 Å². The summed E-state index contributed by atoms with van der Waals surface area (Å²) in [5.74, 6) is 0. The van der Waals surface area contributed by atoms with Crippen LogP contribution >= 0.6 is 11.3 Å². The highest BCUT2D eigenvalue weighted by molar-refractivity contribution is 7.18. The Morgan fingerprint density at radius 3 is 2.65 bits per heavy atom. The Bertz CT molecular complexity index is 1020. The summed E-state index contributed by atoms with van der Waals surface area (Å²) in [5, 5.41) is 25.8. The molecule has 0 aliphatic rings. The zero-order chi connectivity index (χ0) is 17.9. The lowest BCUT2D eigenvalue weighted by Gasteiger charge is -2.21. The number of aliphatic hydroxyl groups excluding tert-OH is 1. The average Bonchev–Trinajstić information content (AvgIpc) is 3.15.